The average molecular weight is 397 g/mol. The Morgan fingerprint density at radius 3 is 2.24 bits per heavy atom. The van der Waals surface area contributed by atoms with Gasteiger partial charge in [0, 0.05) is 3.57 Å². The molecule has 0 N–H and O–H groups in total. The summed E-state index contributed by atoms with van der Waals surface area (Å²) in [6, 6.07) is 13.5. The first-order valence-electron chi connectivity index (χ1n) is 4.92. The van der Waals surface area contributed by atoms with Gasteiger partial charge in [0.05, 0.1) is 15.4 Å². The summed E-state index contributed by atoms with van der Waals surface area (Å²) in [5.41, 5.74) is 2.00. The molecule has 0 saturated heterocycles. The van der Waals surface area contributed by atoms with Crippen molar-refractivity contribution in [2.45, 2.75) is 5.38 Å². The van der Waals surface area contributed by atoms with E-state index >= 15 is 0 Å². The molecule has 1 unspecified atom stereocenters. The van der Waals surface area contributed by atoms with Gasteiger partial charge in [-0.05, 0) is 58.0 Å². The third-order valence-electron chi connectivity index (χ3n) is 2.38. The van der Waals surface area contributed by atoms with Gasteiger partial charge in [0.15, 0.2) is 0 Å². The highest BCUT2D eigenvalue weighted by atomic mass is 127. The first-order valence-corrected chi connectivity index (χ1v) is 7.19. The van der Waals surface area contributed by atoms with Crippen molar-refractivity contribution in [2.24, 2.45) is 0 Å². The second kappa shape index (κ2) is 5.79. The fourth-order valence-corrected chi connectivity index (χ4v) is 2.67. The summed E-state index contributed by atoms with van der Waals surface area (Å²) in [7, 11) is 0. The molecule has 4 heteroatoms. The van der Waals surface area contributed by atoms with Crippen molar-refractivity contribution in [3.8, 4) is 0 Å². The molecule has 0 fully saturated rings. The summed E-state index contributed by atoms with van der Waals surface area (Å²) in [4.78, 5) is 0. The topological polar surface area (TPSA) is 0 Å². The van der Waals surface area contributed by atoms with Crippen LogP contribution in [0.15, 0.2) is 42.5 Å². The minimum atomic E-state index is -0.209. The Kier molecular flexibility index (Phi) is 4.59. The van der Waals surface area contributed by atoms with Crippen LogP contribution < -0.4 is 0 Å². The summed E-state index contributed by atoms with van der Waals surface area (Å²) in [6.07, 6.45) is 0. The Hall–Kier alpha value is 0.0400. The standard InChI is InChI=1S/C13H8Cl3I/c14-11-5-4-9(7-12(11)15)13(16)8-2-1-3-10(17)6-8/h1-7,13H. The van der Waals surface area contributed by atoms with Crippen molar-refractivity contribution < 1.29 is 0 Å². The van der Waals surface area contributed by atoms with E-state index in [1.807, 2.05) is 24.3 Å². The van der Waals surface area contributed by atoms with Crippen molar-refractivity contribution in [2.75, 3.05) is 0 Å². The van der Waals surface area contributed by atoms with Gasteiger partial charge in [0.1, 0.15) is 0 Å². The predicted molar refractivity (Wildman–Crippen MR) is 83.3 cm³/mol. The van der Waals surface area contributed by atoms with E-state index in [9.17, 15) is 0 Å². The van der Waals surface area contributed by atoms with Crippen LogP contribution in [0.3, 0.4) is 0 Å². The molecule has 17 heavy (non-hydrogen) atoms. The molecule has 0 aliphatic heterocycles. The summed E-state index contributed by atoms with van der Waals surface area (Å²) >= 11 is 20.6. The smallest absolute Gasteiger partial charge is 0.0836 e. The van der Waals surface area contributed by atoms with E-state index in [0.29, 0.717) is 10.0 Å². The van der Waals surface area contributed by atoms with E-state index in [0.717, 1.165) is 14.7 Å². The van der Waals surface area contributed by atoms with Gasteiger partial charge < -0.3 is 0 Å². The zero-order chi connectivity index (χ0) is 12.4. The fourth-order valence-electron chi connectivity index (χ4n) is 1.53. The van der Waals surface area contributed by atoms with Gasteiger partial charge in [-0.15, -0.1) is 11.6 Å². The van der Waals surface area contributed by atoms with Crippen LogP contribution >= 0.6 is 57.4 Å². The van der Waals surface area contributed by atoms with Gasteiger partial charge in [0.25, 0.3) is 0 Å². The third-order valence-corrected chi connectivity index (χ3v) is 4.29. The Labute approximate surface area is 129 Å². The fraction of sp³-hybridized carbons (Fsp3) is 0.0769. The van der Waals surface area contributed by atoms with Gasteiger partial charge in [-0.1, -0.05) is 41.4 Å². The highest BCUT2D eigenvalue weighted by Crippen LogP contribution is 2.33. The van der Waals surface area contributed by atoms with Crippen molar-refractivity contribution in [3.63, 3.8) is 0 Å². The van der Waals surface area contributed by atoms with E-state index in [1.54, 1.807) is 12.1 Å². The van der Waals surface area contributed by atoms with Crippen molar-refractivity contribution >= 4 is 57.4 Å². The molecule has 0 bridgehead atoms. The monoisotopic (exact) mass is 396 g/mol. The normalized spacial score (nSPS) is 12.5. The first kappa shape index (κ1) is 13.5. The van der Waals surface area contributed by atoms with E-state index in [1.165, 1.54) is 0 Å². The van der Waals surface area contributed by atoms with E-state index in [-0.39, 0.29) is 5.38 Å². The molecule has 0 radical (unpaired) electrons. The van der Waals surface area contributed by atoms with Gasteiger partial charge >= 0.3 is 0 Å². The van der Waals surface area contributed by atoms with Crippen LogP contribution in [0.5, 0.6) is 0 Å². The SMILES string of the molecule is Clc1ccc(C(Cl)c2cccc(I)c2)cc1Cl. The van der Waals surface area contributed by atoms with E-state index in [4.69, 9.17) is 34.8 Å². The summed E-state index contributed by atoms with van der Waals surface area (Å²) in [5, 5.41) is 0.863. The van der Waals surface area contributed by atoms with Crippen LogP contribution in [0.1, 0.15) is 16.5 Å². The number of benzene rings is 2. The molecule has 0 amide bonds. The largest absolute Gasteiger partial charge is 0.113 e. The predicted octanol–water partition coefficient (Wildman–Crippen LogP) is 5.93. The molecule has 0 nitrogen and oxygen atoms in total. The summed E-state index contributed by atoms with van der Waals surface area (Å²) in [5.74, 6) is 0. The minimum absolute atomic E-state index is 0.209. The molecule has 0 aliphatic rings. The number of alkyl halides is 1. The molecule has 0 heterocycles. The summed E-state index contributed by atoms with van der Waals surface area (Å²) < 4.78 is 1.16. The van der Waals surface area contributed by atoms with Crippen LogP contribution in [0.2, 0.25) is 10.0 Å². The second-order valence-electron chi connectivity index (χ2n) is 3.59. The Bertz CT molecular complexity index is 540. The molecule has 1 atom stereocenters. The Morgan fingerprint density at radius 2 is 1.59 bits per heavy atom. The zero-order valence-electron chi connectivity index (χ0n) is 8.63. The molecule has 2 aromatic rings. The third kappa shape index (κ3) is 3.28. The highest BCUT2D eigenvalue weighted by molar-refractivity contribution is 14.1. The lowest BCUT2D eigenvalue weighted by molar-refractivity contribution is 1.14. The quantitative estimate of drug-likeness (QED) is 0.435. The lowest BCUT2D eigenvalue weighted by Crippen LogP contribution is -1.93. The molecule has 88 valence electrons. The molecule has 0 saturated carbocycles. The van der Waals surface area contributed by atoms with Crippen molar-refractivity contribution in [1.82, 2.24) is 0 Å². The van der Waals surface area contributed by atoms with Crippen LogP contribution in [0.25, 0.3) is 0 Å². The lowest BCUT2D eigenvalue weighted by Gasteiger charge is -2.11. The maximum absolute atomic E-state index is 6.42. The summed E-state index contributed by atoms with van der Waals surface area (Å²) in [6.45, 7) is 0. The number of hydrogen-bond acceptors (Lipinski definition) is 0. The van der Waals surface area contributed by atoms with Crippen LogP contribution in [0.4, 0.5) is 0 Å². The second-order valence-corrected chi connectivity index (χ2v) is 6.09. The van der Waals surface area contributed by atoms with Gasteiger partial charge in [0.2, 0.25) is 0 Å². The van der Waals surface area contributed by atoms with Crippen LogP contribution in [-0.4, -0.2) is 0 Å². The van der Waals surface area contributed by atoms with E-state index < -0.39 is 0 Å². The molecule has 2 aromatic carbocycles. The van der Waals surface area contributed by atoms with Gasteiger partial charge in [-0.25, -0.2) is 0 Å². The van der Waals surface area contributed by atoms with E-state index in [2.05, 4.69) is 28.7 Å². The van der Waals surface area contributed by atoms with Crippen molar-refractivity contribution in [1.29, 1.82) is 0 Å². The van der Waals surface area contributed by atoms with Crippen LogP contribution in [-0.2, 0) is 0 Å². The molecular formula is C13H8Cl3I. The molecule has 0 spiro atoms. The zero-order valence-corrected chi connectivity index (χ0v) is 13.1. The average Bonchev–Trinajstić information content (AvgIpc) is 2.32. The molecule has 0 aliphatic carbocycles. The highest BCUT2D eigenvalue weighted by Gasteiger charge is 2.12. The molecule has 2 rings (SSSR count). The molecular weight excluding hydrogens is 389 g/mol. The number of hydrogen-bond donors (Lipinski definition) is 0. The Morgan fingerprint density at radius 1 is 0.882 bits per heavy atom. The number of rotatable bonds is 2. The minimum Gasteiger partial charge on any atom is -0.113 e. The van der Waals surface area contributed by atoms with Crippen LogP contribution in [0, 0.1) is 3.57 Å². The first-order chi connectivity index (χ1) is 8.08. The number of halogens is 4. The van der Waals surface area contributed by atoms with Crippen molar-refractivity contribution in [3.05, 3.63) is 67.2 Å². The Balaban J connectivity index is 2.36. The lowest BCUT2D eigenvalue weighted by atomic mass is 10.0. The molecule has 0 aromatic heterocycles. The maximum Gasteiger partial charge on any atom is 0.0836 e. The van der Waals surface area contributed by atoms with Gasteiger partial charge in [-0.2, -0.15) is 0 Å². The maximum atomic E-state index is 6.42. The van der Waals surface area contributed by atoms with Gasteiger partial charge in [-0.3, -0.25) is 0 Å².